The molecule has 0 radical (unpaired) electrons. The standard InChI is InChI=1S/C10H20N4O2S/c1-3-10(7-12)17(15,16)14-5-4-13(2)8-9(14)6-11/h9-10H,3-6,8,11H2,1-2H3. The van der Waals surface area contributed by atoms with E-state index >= 15 is 0 Å². The van der Waals surface area contributed by atoms with E-state index in [2.05, 4.69) is 4.90 Å². The van der Waals surface area contributed by atoms with Gasteiger partial charge in [0.25, 0.3) is 0 Å². The Kier molecular flexibility index (Phi) is 4.89. The van der Waals surface area contributed by atoms with Crippen LogP contribution in [0.2, 0.25) is 0 Å². The van der Waals surface area contributed by atoms with Crippen LogP contribution in [0.5, 0.6) is 0 Å². The van der Waals surface area contributed by atoms with Crippen LogP contribution < -0.4 is 5.73 Å². The van der Waals surface area contributed by atoms with Gasteiger partial charge >= 0.3 is 0 Å². The first kappa shape index (κ1) is 14.4. The summed E-state index contributed by atoms with van der Waals surface area (Å²) in [6, 6.07) is 1.64. The number of nitrogens with two attached hydrogens (primary N) is 1. The summed E-state index contributed by atoms with van der Waals surface area (Å²) in [6.45, 7) is 3.71. The largest absolute Gasteiger partial charge is 0.329 e. The minimum Gasteiger partial charge on any atom is -0.329 e. The van der Waals surface area contributed by atoms with Crippen LogP contribution in [0, 0.1) is 11.3 Å². The van der Waals surface area contributed by atoms with E-state index in [-0.39, 0.29) is 12.6 Å². The first-order valence-electron chi connectivity index (χ1n) is 5.76. The maximum atomic E-state index is 12.3. The highest BCUT2D eigenvalue weighted by Crippen LogP contribution is 2.18. The summed E-state index contributed by atoms with van der Waals surface area (Å²) >= 11 is 0. The molecule has 7 heteroatoms. The van der Waals surface area contributed by atoms with Gasteiger partial charge in [0.05, 0.1) is 6.07 Å². The predicted octanol–water partition coefficient (Wildman–Crippen LogP) is -0.807. The molecule has 0 aromatic heterocycles. The molecule has 1 aliphatic rings. The molecule has 0 saturated carbocycles. The van der Waals surface area contributed by atoms with Gasteiger partial charge in [-0.25, -0.2) is 8.42 Å². The molecule has 2 N–H and O–H groups in total. The van der Waals surface area contributed by atoms with Crippen LogP contribution >= 0.6 is 0 Å². The molecule has 1 heterocycles. The minimum absolute atomic E-state index is 0.221. The fourth-order valence-corrected chi connectivity index (χ4v) is 3.84. The molecule has 6 nitrogen and oxygen atoms in total. The highest BCUT2D eigenvalue weighted by molar-refractivity contribution is 7.90. The monoisotopic (exact) mass is 260 g/mol. The molecule has 0 aromatic rings. The zero-order valence-corrected chi connectivity index (χ0v) is 11.2. The van der Waals surface area contributed by atoms with Gasteiger partial charge in [-0.2, -0.15) is 9.57 Å². The van der Waals surface area contributed by atoms with Crippen molar-refractivity contribution in [1.82, 2.24) is 9.21 Å². The summed E-state index contributed by atoms with van der Waals surface area (Å²) < 4.78 is 25.9. The van der Waals surface area contributed by atoms with Gasteiger partial charge < -0.3 is 10.6 Å². The third-order valence-corrected chi connectivity index (χ3v) is 5.40. The lowest BCUT2D eigenvalue weighted by atomic mass is 10.2. The zero-order chi connectivity index (χ0) is 13.1. The lowest BCUT2D eigenvalue weighted by Gasteiger charge is -2.39. The Morgan fingerprint density at radius 2 is 2.18 bits per heavy atom. The number of nitriles is 1. The van der Waals surface area contributed by atoms with Gasteiger partial charge in [-0.1, -0.05) is 6.92 Å². The van der Waals surface area contributed by atoms with Crippen molar-refractivity contribution in [3.05, 3.63) is 0 Å². The smallest absolute Gasteiger partial charge is 0.230 e. The molecular weight excluding hydrogens is 240 g/mol. The summed E-state index contributed by atoms with van der Waals surface area (Å²) in [5.74, 6) is 0. The van der Waals surface area contributed by atoms with E-state index in [1.165, 1.54) is 4.31 Å². The summed E-state index contributed by atoms with van der Waals surface area (Å²) in [5.41, 5.74) is 5.62. The Bertz CT molecular complexity index is 390. The van der Waals surface area contributed by atoms with Crippen LogP contribution in [-0.2, 0) is 10.0 Å². The predicted molar refractivity (Wildman–Crippen MR) is 65.7 cm³/mol. The molecular formula is C10H20N4O2S. The third kappa shape index (κ3) is 2.96. The molecule has 0 spiro atoms. The molecule has 1 aliphatic heterocycles. The van der Waals surface area contributed by atoms with Gasteiger partial charge in [0.2, 0.25) is 10.0 Å². The first-order valence-corrected chi connectivity index (χ1v) is 7.26. The Morgan fingerprint density at radius 3 is 2.65 bits per heavy atom. The Balaban J connectivity index is 2.94. The second-order valence-electron chi connectivity index (χ2n) is 4.33. The maximum Gasteiger partial charge on any atom is 0.230 e. The van der Waals surface area contributed by atoms with Crippen molar-refractivity contribution in [2.45, 2.75) is 24.6 Å². The maximum absolute atomic E-state index is 12.3. The van der Waals surface area contributed by atoms with Crippen LogP contribution in [0.25, 0.3) is 0 Å². The van der Waals surface area contributed by atoms with Crippen LogP contribution in [0.15, 0.2) is 0 Å². The van der Waals surface area contributed by atoms with Gasteiger partial charge in [-0.15, -0.1) is 0 Å². The van der Waals surface area contributed by atoms with Crippen molar-refractivity contribution in [1.29, 1.82) is 5.26 Å². The zero-order valence-electron chi connectivity index (χ0n) is 10.3. The SMILES string of the molecule is CCC(C#N)S(=O)(=O)N1CCN(C)CC1CN. The molecule has 0 amide bonds. The highest BCUT2D eigenvalue weighted by Gasteiger charge is 2.37. The Morgan fingerprint density at radius 1 is 1.53 bits per heavy atom. The fraction of sp³-hybridized carbons (Fsp3) is 0.900. The molecule has 0 aliphatic carbocycles. The number of hydrogen-bond donors (Lipinski definition) is 1. The van der Waals surface area contributed by atoms with E-state index in [1.54, 1.807) is 6.92 Å². The van der Waals surface area contributed by atoms with Crippen molar-refractivity contribution in [3.8, 4) is 6.07 Å². The van der Waals surface area contributed by atoms with Gasteiger partial charge in [0, 0.05) is 32.2 Å². The van der Waals surface area contributed by atoms with E-state index in [4.69, 9.17) is 11.0 Å². The molecule has 1 rings (SSSR count). The van der Waals surface area contributed by atoms with E-state index in [0.717, 1.165) is 0 Å². The summed E-state index contributed by atoms with van der Waals surface area (Å²) in [4.78, 5) is 2.05. The molecule has 17 heavy (non-hydrogen) atoms. The van der Waals surface area contributed by atoms with Crippen molar-refractivity contribution in [2.24, 2.45) is 5.73 Å². The number of rotatable bonds is 4. The molecule has 1 saturated heterocycles. The average Bonchev–Trinajstić information content (AvgIpc) is 2.29. The molecule has 0 aromatic carbocycles. The second kappa shape index (κ2) is 5.78. The number of hydrogen-bond acceptors (Lipinski definition) is 5. The molecule has 98 valence electrons. The quantitative estimate of drug-likeness (QED) is 0.714. The van der Waals surface area contributed by atoms with E-state index < -0.39 is 15.3 Å². The van der Waals surface area contributed by atoms with Crippen molar-refractivity contribution >= 4 is 10.0 Å². The summed E-state index contributed by atoms with van der Waals surface area (Å²) in [5, 5.41) is 7.95. The van der Waals surface area contributed by atoms with Gasteiger partial charge in [-0.3, -0.25) is 0 Å². The Labute approximate surface area is 103 Å². The second-order valence-corrected chi connectivity index (χ2v) is 6.40. The van der Waals surface area contributed by atoms with Gasteiger partial charge in [-0.05, 0) is 13.5 Å². The minimum atomic E-state index is -3.54. The van der Waals surface area contributed by atoms with E-state index in [9.17, 15) is 8.42 Å². The van der Waals surface area contributed by atoms with Gasteiger partial charge in [0.1, 0.15) is 0 Å². The average molecular weight is 260 g/mol. The van der Waals surface area contributed by atoms with Crippen molar-refractivity contribution in [2.75, 3.05) is 33.2 Å². The van der Waals surface area contributed by atoms with Crippen LogP contribution in [0.4, 0.5) is 0 Å². The van der Waals surface area contributed by atoms with Crippen LogP contribution in [-0.4, -0.2) is 62.1 Å². The molecule has 1 fully saturated rings. The topological polar surface area (TPSA) is 90.4 Å². The molecule has 2 unspecified atom stereocenters. The van der Waals surface area contributed by atoms with Crippen LogP contribution in [0.1, 0.15) is 13.3 Å². The fourth-order valence-electron chi connectivity index (χ4n) is 2.05. The first-order chi connectivity index (χ1) is 7.97. The lowest BCUT2D eigenvalue weighted by molar-refractivity contribution is 0.163. The number of piperazine rings is 1. The van der Waals surface area contributed by atoms with Crippen molar-refractivity contribution in [3.63, 3.8) is 0 Å². The number of nitrogens with zero attached hydrogens (tertiary/aromatic N) is 3. The molecule has 0 bridgehead atoms. The lowest BCUT2D eigenvalue weighted by Crippen LogP contribution is -2.58. The molecule has 2 atom stereocenters. The van der Waals surface area contributed by atoms with E-state index in [0.29, 0.717) is 26.1 Å². The third-order valence-electron chi connectivity index (χ3n) is 3.11. The number of likely N-dealkylation sites (N-methyl/N-ethyl adjacent to an activating group) is 1. The normalized spacial score (nSPS) is 25.4. The van der Waals surface area contributed by atoms with Crippen LogP contribution in [0.3, 0.4) is 0 Å². The summed E-state index contributed by atoms with van der Waals surface area (Å²) in [6.07, 6.45) is 0.308. The number of sulfonamides is 1. The van der Waals surface area contributed by atoms with E-state index in [1.807, 2.05) is 13.1 Å². The highest BCUT2D eigenvalue weighted by atomic mass is 32.2. The Hall–Kier alpha value is -0.680. The van der Waals surface area contributed by atoms with Crippen molar-refractivity contribution < 1.29 is 8.42 Å². The summed E-state index contributed by atoms with van der Waals surface area (Å²) in [7, 11) is -1.60. The van der Waals surface area contributed by atoms with Gasteiger partial charge in [0.15, 0.2) is 5.25 Å².